The topological polar surface area (TPSA) is 92.8 Å². The molecule has 0 unspecified atom stereocenters. The third-order valence-corrected chi connectivity index (χ3v) is 6.51. The fourth-order valence-electron chi connectivity index (χ4n) is 2.29. The van der Waals surface area contributed by atoms with Crippen molar-refractivity contribution in [1.29, 1.82) is 0 Å². The van der Waals surface area contributed by atoms with Gasteiger partial charge in [-0.15, -0.1) is 12.4 Å². The lowest BCUT2D eigenvalue weighted by molar-refractivity contribution is 0.393. The van der Waals surface area contributed by atoms with Crippen molar-refractivity contribution in [2.45, 2.75) is 16.2 Å². The summed E-state index contributed by atoms with van der Waals surface area (Å²) in [5.41, 5.74) is 0. The van der Waals surface area contributed by atoms with Gasteiger partial charge in [0.2, 0.25) is 10.0 Å². The average molecular weight is 385 g/mol. The number of benzene rings is 1. The quantitative estimate of drug-likeness (QED) is 0.812. The van der Waals surface area contributed by atoms with Gasteiger partial charge in [-0.3, -0.25) is 0 Å². The van der Waals surface area contributed by atoms with Crippen molar-refractivity contribution in [3.8, 4) is 5.75 Å². The highest BCUT2D eigenvalue weighted by Crippen LogP contribution is 2.29. The van der Waals surface area contributed by atoms with Crippen LogP contribution in [-0.4, -0.2) is 60.7 Å². The fourth-order valence-corrected chi connectivity index (χ4v) is 4.67. The molecule has 1 saturated heterocycles. The molecule has 1 N–H and O–H groups in total. The summed E-state index contributed by atoms with van der Waals surface area (Å²) in [5.74, 6) is 0.143. The Kier molecular flexibility index (Phi) is 6.84. The third-order valence-electron chi connectivity index (χ3n) is 3.48. The molecule has 1 heterocycles. The minimum atomic E-state index is -3.81. The maximum absolute atomic E-state index is 12.8. The minimum Gasteiger partial charge on any atom is -0.495 e. The van der Waals surface area contributed by atoms with E-state index in [1.807, 2.05) is 0 Å². The van der Waals surface area contributed by atoms with Gasteiger partial charge in [0.1, 0.15) is 10.6 Å². The predicted molar refractivity (Wildman–Crippen MR) is 89.6 cm³/mol. The first-order valence-corrected chi connectivity index (χ1v) is 10.2. The molecular weight excluding hydrogens is 364 g/mol. The number of sulfonamides is 1. The highest BCUT2D eigenvalue weighted by atomic mass is 35.5. The van der Waals surface area contributed by atoms with E-state index in [-0.39, 0.29) is 27.9 Å². The Hall–Kier alpha value is -0.870. The number of nitrogens with one attached hydrogen (secondary N) is 1. The van der Waals surface area contributed by atoms with Crippen LogP contribution in [-0.2, 0) is 19.9 Å². The van der Waals surface area contributed by atoms with Crippen LogP contribution < -0.4 is 10.1 Å². The molecule has 132 valence electrons. The molecule has 0 saturated carbocycles. The van der Waals surface area contributed by atoms with Gasteiger partial charge in [-0.25, -0.2) is 16.8 Å². The lowest BCUT2D eigenvalue weighted by Gasteiger charge is -2.21. The van der Waals surface area contributed by atoms with Crippen LogP contribution in [0, 0.1) is 0 Å². The molecule has 0 aromatic heterocycles. The van der Waals surface area contributed by atoms with Crippen molar-refractivity contribution in [2.24, 2.45) is 0 Å². The minimum absolute atomic E-state index is 0. The zero-order valence-electron chi connectivity index (χ0n) is 13.0. The van der Waals surface area contributed by atoms with Crippen LogP contribution in [0.2, 0.25) is 0 Å². The highest BCUT2D eigenvalue weighted by Gasteiger charge is 2.29. The molecule has 10 heteroatoms. The Morgan fingerprint density at radius 2 is 1.83 bits per heavy atom. The zero-order valence-corrected chi connectivity index (χ0v) is 15.4. The fraction of sp³-hybridized carbons (Fsp3) is 0.538. The van der Waals surface area contributed by atoms with Gasteiger partial charge >= 0.3 is 0 Å². The van der Waals surface area contributed by atoms with Crippen molar-refractivity contribution in [3.63, 3.8) is 0 Å². The summed E-state index contributed by atoms with van der Waals surface area (Å²) in [6.07, 6.45) is 1.74. The molecule has 0 radical (unpaired) electrons. The van der Waals surface area contributed by atoms with Crippen LogP contribution >= 0.6 is 12.4 Å². The molecule has 0 spiro atoms. The van der Waals surface area contributed by atoms with E-state index >= 15 is 0 Å². The van der Waals surface area contributed by atoms with E-state index in [0.29, 0.717) is 26.1 Å². The first-order valence-electron chi connectivity index (χ1n) is 6.86. The number of halogens is 1. The molecule has 7 nitrogen and oxygen atoms in total. The van der Waals surface area contributed by atoms with Crippen molar-refractivity contribution >= 4 is 32.3 Å². The van der Waals surface area contributed by atoms with Gasteiger partial charge in [-0.2, -0.15) is 4.31 Å². The Bertz CT molecular complexity index is 742. The predicted octanol–water partition coefficient (Wildman–Crippen LogP) is 0.504. The molecule has 1 aliphatic rings. The van der Waals surface area contributed by atoms with Crippen molar-refractivity contribution in [1.82, 2.24) is 9.62 Å². The first kappa shape index (κ1) is 20.2. The molecule has 0 atom stereocenters. The molecule has 1 fully saturated rings. The van der Waals surface area contributed by atoms with Gasteiger partial charge in [0.25, 0.3) is 0 Å². The van der Waals surface area contributed by atoms with Crippen molar-refractivity contribution < 1.29 is 21.6 Å². The lowest BCUT2D eigenvalue weighted by atomic mass is 10.3. The van der Waals surface area contributed by atoms with Crippen LogP contribution in [0.15, 0.2) is 28.0 Å². The number of hydrogen-bond donors (Lipinski definition) is 1. The van der Waals surface area contributed by atoms with Gasteiger partial charge in [0.05, 0.1) is 12.0 Å². The molecule has 2 rings (SSSR count). The maximum atomic E-state index is 12.8. The Morgan fingerprint density at radius 3 is 2.43 bits per heavy atom. The largest absolute Gasteiger partial charge is 0.495 e. The third kappa shape index (κ3) is 4.57. The summed E-state index contributed by atoms with van der Waals surface area (Å²) < 4.78 is 55.5. The summed E-state index contributed by atoms with van der Waals surface area (Å²) in [7, 11) is -5.95. The molecule has 0 amide bonds. The Labute approximate surface area is 143 Å². The van der Waals surface area contributed by atoms with Gasteiger partial charge < -0.3 is 10.1 Å². The second kappa shape index (κ2) is 7.80. The number of methoxy groups -OCH3 is 1. The average Bonchev–Trinajstić information content (AvgIpc) is 2.75. The maximum Gasteiger partial charge on any atom is 0.246 e. The summed E-state index contributed by atoms with van der Waals surface area (Å²) in [6, 6.07) is 3.89. The van der Waals surface area contributed by atoms with Crippen LogP contribution in [0.1, 0.15) is 6.42 Å². The molecule has 1 aromatic rings. The van der Waals surface area contributed by atoms with Gasteiger partial charge in [-0.1, -0.05) is 0 Å². The van der Waals surface area contributed by atoms with Gasteiger partial charge in [0.15, 0.2) is 9.84 Å². The first-order chi connectivity index (χ1) is 10.3. The second-order valence-electron chi connectivity index (χ2n) is 5.09. The van der Waals surface area contributed by atoms with E-state index < -0.39 is 19.9 Å². The van der Waals surface area contributed by atoms with E-state index in [2.05, 4.69) is 5.32 Å². The molecule has 0 aliphatic carbocycles. The van der Waals surface area contributed by atoms with Crippen LogP contribution in [0.5, 0.6) is 5.75 Å². The molecule has 0 bridgehead atoms. The molecule has 23 heavy (non-hydrogen) atoms. The Balaban J connectivity index is 0.00000264. The van der Waals surface area contributed by atoms with E-state index in [4.69, 9.17) is 4.74 Å². The zero-order chi connectivity index (χ0) is 16.4. The number of ether oxygens (including phenoxy) is 1. The molecule has 1 aromatic carbocycles. The van der Waals surface area contributed by atoms with Crippen LogP contribution in [0.25, 0.3) is 0 Å². The smallest absolute Gasteiger partial charge is 0.246 e. The number of sulfone groups is 1. The monoisotopic (exact) mass is 384 g/mol. The second-order valence-corrected chi connectivity index (χ2v) is 9.01. The molecule has 1 aliphatic heterocycles. The SMILES string of the molecule is COc1ccc(S(C)(=O)=O)cc1S(=O)(=O)N1CCCNCC1.Cl. The molecular formula is C13H21ClN2O5S2. The van der Waals surface area contributed by atoms with Crippen LogP contribution in [0.3, 0.4) is 0 Å². The summed E-state index contributed by atoms with van der Waals surface area (Å²) in [5, 5.41) is 3.13. The van der Waals surface area contributed by atoms with E-state index in [0.717, 1.165) is 12.8 Å². The van der Waals surface area contributed by atoms with Gasteiger partial charge in [0, 0.05) is 25.9 Å². The summed E-state index contributed by atoms with van der Waals surface area (Å²) >= 11 is 0. The van der Waals surface area contributed by atoms with E-state index in [1.165, 1.54) is 29.6 Å². The number of hydrogen-bond acceptors (Lipinski definition) is 6. The summed E-state index contributed by atoms with van der Waals surface area (Å²) in [6.45, 7) is 2.05. The van der Waals surface area contributed by atoms with Crippen LogP contribution in [0.4, 0.5) is 0 Å². The van der Waals surface area contributed by atoms with Crippen molar-refractivity contribution in [3.05, 3.63) is 18.2 Å². The van der Waals surface area contributed by atoms with Gasteiger partial charge in [-0.05, 0) is 31.2 Å². The number of nitrogens with zero attached hydrogens (tertiary/aromatic N) is 1. The lowest BCUT2D eigenvalue weighted by Crippen LogP contribution is -2.34. The Morgan fingerprint density at radius 1 is 1.13 bits per heavy atom. The normalized spacial score (nSPS) is 17.1. The highest BCUT2D eigenvalue weighted by molar-refractivity contribution is 7.91. The number of rotatable bonds is 4. The van der Waals surface area contributed by atoms with Crippen molar-refractivity contribution in [2.75, 3.05) is 39.5 Å². The van der Waals surface area contributed by atoms with E-state index in [1.54, 1.807) is 0 Å². The van der Waals surface area contributed by atoms with E-state index in [9.17, 15) is 16.8 Å². The summed E-state index contributed by atoms with van der Waals surface area (Å²) in [4.78, 5) is -0.153. The standard InChI is InChI=1S/C13H20N2O5S2.ClH/c1-20-12-5-4-11(21(2,16)17)10-13(12)22(18,19)15-8-3-6-14-7-9-15;/h4-5,10,14H,3,6-9H2,1-2H3;1H.